The van der Waals surface area contributed by atoms with E-state index in [2.05, 4.69) is 12.2 Å². The number of carbonyl (C=O) groups is 2. The van der Waals surface area contributed by atoms with Crippen molar-refractivity contribution in [1.29, 1.82) is 0 Å². The molecule has 0 aliphatic heterocycles. The molecule has 2 aromatic rings. The SMILES string of the molecule is CCc1ccc(C(=O)CCC(=O)NC(C)c2ccc(OCCOC)c(OC)c2)cc1. The molecule has 0 spiro atoms. The Morgan fingerprint density at radius 1 is 0.967 bits per heavy atom. The molecule has 0 heterocycles. The van der Waals surface area contributed by atoms with E-state index < -0.39 is 0 Å². The number of rotatable bonds is 12. The summed E-state index contributed by atoms with van der Waals surface area (Å²) in [6.45, 7) is 4.87. The Balaban J connectivity index is 1.89. The van der Waals surface area contributed by atoms with E-state index in [1.807, 2.05) is 49.4 Å². The molecule has 6 heteroatoms. The molecule has 30 heavy (non-hydrogen) atoms. The van der Waals surface area contributed by atoms with Crippen LogP contribution in [0.25, 0.3) is 0 Å². The maximum Gasteiger partial charge on any atom is 0.220 e. The fourth-order valence-electron chi connectivity index (χ4n) is 3.00. The first-order valence-corrected chi connectivity index (χ1v) is 10.2. The van der Waals surface area contributed by atoms with Gasteiger partial charge in [-0.25, -0.2) is 0 Å². The van der Waals surface area contributed by atoms with E-state index in [-0.39, 0.29) is 30.6 Å². The van der Waals surface area contributed by atoms with Crippen LogP contribution < -0.4 is 14.8 Å². The Morgan fingerprint density at radius 3 is 2.33 bits per heavy atom. The highest BCUT2D eigenvalue weighted by Gasteiger charge is 2.15. The minimum Gasteiger partial charge on any atom is -0.493 e. The van der Waals surface area contributed by atoms with E-state index in [1.54, 1.807) is 14.2 Å². The van der Waals surface area contributed by atoms with Crippen molar-refractivity contribution < 1.29 is 23.8 Å². The lowest BCUT2D eigenvalue weighted by molar-refractivity contribution is -0.121. The van der Waals surface area contributed by atoms with Crippen LogP contribution in [0.2, 0.25) is 0 Å². The van der Waals surface area contributed by atoms with Crippen molar-refractivity contribution in [3.8, 4) is 11.5 Å². The number of aryl methyl sites for hydroxylation is 1. The van der Waals surface area contributed by atoms with Gasteiger partial charge < -0.3 is 19.5 Å². The van der Waals surface area contributed by atoms with Crippen LogP contribution in [0.3, 0.4) is 0 Å². The van der Waals surface area contributed by atoms with E-state index >= 15 is 0 Å². The molecular formula is C24H31NO5. The van der Waals surface area contributed by atoms with Crippen LogP contribution in [0, 0.1) is 0 Å². The molecule has 2 aromatic carbocycles. The summed E-state index contributed by atoms with van der Waals surface area (Å²) in [7, 11) is 3.19. The standard InChI is InChI=1S/C24H31NO5/c1-5-18-6-8-19(9-7-18)21(26)11-13-24(27)25-17(2)20-10-12-22(23(16-20)29-4)30-15-14-28-3/h6-10,12,16-17H,5,11,13-15H2,1-4H3,(H,25,27). The quantitative estimate of drug-likeness (QED) is 0.418. The monoisotopic (exact) mass is 413 g/mol. The van der Waals surface area contributed by atoms with Crippen LogP contribution in [0.1, 0.15) is 54.2 Å². The molecule has 1 atom stereocenters. The Labute approximate surface area is 178 Å². The van der Waals surface area contributed by atoms with Gasteiger partial charge in [0.1, 0.15) is 6.61 Å². The molecular weight excluding hydrogens is 382 g/mol. The van der Waals surface area contributed by atoms with Gasteiger partial charge in [0, 0.05) is 25.5 Å². The lowest BCUT2D eigenvalue weighted by atomic mass is 10.0. The Bertz CT molecular complexity index is 832. The molecule has 0 bridgehead atoms. The summed E-state index contributed by atoms with van der Waals surface area (Å²) in [4.78, 5) is 24.6. The van der Waals surface area contributed by atoms with Gasteiger partial charge in [0.25, 0.3) is 0 Å². The van der Waals surface area contributed by atoms with Crippen molar-refractivity contribution in [1.82, 2.24) is 5.32 Å². The predicted molar refractivity (Wildman–Crippen MR) is 116 cm³/mol. The summed E-state index contributed by atoms with van der Waals surface area (Å²) in [5.41, 5.74) is 2.71. The molecule has 0 saturated carbocycles. The third kappa shape index (κ3) is 6.88. The molecule has 162 valence electrons. The zero-order chi connectivity index (χ0) is 21.9. The third-order valence-corrected chi connectivity index (χ3v) is 4.87. The molecule has 0 aromatic heterocycles. The first-order chi connectivity index (χ1) is 14.5. The minimum absolute atomic E-state index is 0.0281. The van der Waals surface area contributed by atoms with Crippen LogP contribution in [0.5, 0.6) is 11.5 Å². The Morgan fingerprint density at radius 2 is 1.70 bits per heavy atom. The molecule has 0 aliphatic rings. The average Bonchev–Trinajstić information content (AvgIpc) is 2.77. The van der Waals surface area contributed by atoms with Crippen LogP contribution in [-0.2, 0) is 16.0 Å². The lowest BCUT2D eigenvalue weighted by Crippen LogP contribution is -2.27. The van der Waals surface area contributed by atoms with E-state index in [4.69, 9.17) is 14.2 Å². The molecule has 1 N–H and O–H groups in total. The molecule has 0 radical (unpaired) electrons. The van der Waals surface area contributed by atoms with Crippen molar-refractivity contribution in [3.05, 3.63) is 59.2 Å². The number of hydrogen-bond acceptors (Lipinski definition) is 5. The number of methoxy groups -OCH3 is 2. The van der Waals surface area contributed by atoms with E-state index in [1.165, 1.54) is 5.56 Å². The van der Waals surface area contributed by atoms with Gasteiger partial charge in [-0.15, -0.1) is 0 Å². The second kappa shape index (κ2) is 12.0. The van der Waals surface area contributed by atoms with Crippen molar-refractivity contribution in [3.63, 3.8) is 0 Å². The number of Topliss-reactive ketones (excluding diaryl/α,β-unsaturated/α-hetero) is 1. The second-order valence-corrected chi connectivity index (χ2v) is 7.01. The van der Waals surface area contributed by atoms with Crippen molar-refractivity contribution >= 4 is 11.7 Å². The second-order valence-electron chi connectivity index (χ2n) is 7.01. The van der Waals surface area contributed by atoms with Crippen molar-refractivity contribution in [2.24, 2.45) is 0 Å². The van der Waals surface area contributed by atoms with E-state index in [0.29, 0.717) is 30.3 Å². The van der Waals surface area contributed by atoms with Gasteiger partial charge in [-0.05, 0) is 36.6 Å². The van der Waals surface area contributed by atoms with Crippen molar-refractivity contribution in [2.45, 2.75) is 39.2 Å². The smallest absolute Gasteiger partial charge is 0.220 e. The molecule has 0 saturated heterocycles. The lowest BCUT2D eigenvalue weighted by Gasteiger charge is -2.17. The first-order valence-electron chi connectivity index (χ1n) is 10.2. The van der Waals surface area contributed by atoms with E-state index in [0.717, 1.165) is 12.0 Å². The highest BCUT2D eigenvalue weighted by atomic mass is 16.5. The molecule has 2 rings (SSSR count). The summed E-state index contributed by atoms with van der Waals surface area (Å²) >= 11 is 0. The number of nitrogens with one attached hydrogen (secondary N) is 1. The number of benzene rings is 2. The number of carbonyl (C=O) groups excluding carboxylic acids is 2. The maximum atomic E-state index is 12.3. The van der Waals surface area contributed by atoms with Gasteiger partial charge in [-0.2, -0.15) is 0 Å². The number of ether oxygens (including phenoxy) is 3. The van der Waals surface area contributed by atoms with Crippen LogP contribution >= 0.6 is 0 Å². The van der Waals surface area contributed by atoms with Crippen LogP contribution in [0.15, 0.2) is 42.5 Å². The third-order valence-electron chi connectivity index (χ3n) is 4.87. The van der Waals surface area contributed by atoms with Crippen LogP contribution in [0.4, 0.5) is 0 Å². The summed E-state index contributed by atoms with van der Waals surface area (Å²) in [5.74, 6) is 1.02. The highest BCUT2D eigenvalue weighted by molar-refractivity contribution is 5.98. The summed E-state index contributed by atoms with van der Waals surface area (Å²) in [6, 6.07) is 12.9. The Kier molecular flexibility index (Phi) is 9.35. The largest absolute Gasteiger partial charge is 0.493 e. The maximum absolute atomic E-state index is 12.3. The number of amides is 1. The zero-order valence-electron chi connectivity index (χ0n) is 18.2. The van der Waals surface area contributed by atoms with Gasteiger partial charge in [0.2, 0.25) is 5.91 Å². The fourth-order valence-corrected chi connectivity index (χ4v) is 3.00. The minimum atomic E-state index is -0.224. The topological polar surface area (TPSA) is 73.9 Å². The molecule has 0 fully saturated rings. The number of ketones is 1. The van der Waals surface area contributed by atoms with Crippen molar-refractivity contribution in [2.75, 3.05) is 27.4 Å². The summed E-state index contributed by atoms with van der Waals surface area (Å²) in [5, 5.41) is 2.94. The molecule has 0 aliphatic carbocycles. The Hall–Kier alpha value is -2.86. The van der Waals surface area contributed by atoms with Gasteiger partial charge >= 0.3 is 0 Å². The van der Waals surface area contributed by atoms with Crippen LogP contribution in [-0.4, -0.2) is 39.1 Å². The highest BCUT2D eigenvalue weighted by Crippen LogP contribution is 2.30. The van der Waals surface area contributed by atoms with Gasteiger partial charge in [0.15, 0.2) is 17.3 Å². The molecule has 1 unspecified atom stereocenters. The number of hydrogen-bond donors (Lipinski definition) is 1. The van der Waals surface area contributed by atoms with Gasteiger partial charge in [-0.3, -0.25) is 9.59 Å². The zero-order valence-corrected chi connectivity index (χ0v) is 18.2. The molecule has 1 amide bonds. The molecule has 6 nitrogen and oxygen atoms in total. The average molecular weight is 414 g/mol. The predicted octanol–water partition coefficient (Wildman–Crippen LogP) is 4.12. The normalized spacial score (nSPS) is 11.6. The first kappa shape index (κ1) is 23.4. The fraction of sp³-hybridized carbons (Fsp3) is 0.417. The summed E-state index contributed by atoms with van der Waals surface area (Å²) < 4.78 is 16.0. The summed E-state index contributed by atoms with van der Waals surface area (Å²) in [6.07, 6.45) is 1.26. The van der Waals surface area contributed by atoms with E-state index in [9.17, 15) is 9.59 Å². The van der Waals surface area contributed by atoms with Gasteiger partial charge in [0.05, 0.1) is 19.8 Å². The van der Waals surface area contributed by atoms with Gasteiger partial charge in [-0.1, -0.05) is 37.3 Å².